The highest BCUT2D eigenvalue weighted by Crippen LogP contribution is 2.26. The molecule has 1 aromatic rings. The van der Waals surface area contributed by atoms with Gasteiger partial charge in [0.05, 0.1) is 12.8 Å². The summed E-state index contributed by atoms with van der Waals surface area (Å²) in [6.07, 6.45) is 7.66. The van der Waals surface area contributed by atoms with Crippen LogP contribution < -0.4 is 10.6 Å². The van der Waals surface area contributed by atoms with Gasteiger partial charge in [0, 0.05) is 32.2 Å². The quantitative estimate of drug-likeness (QED) is 0.520. The molecule has 1 aliphatic heterocycles. The summed E-state index contributed by atoms with van der Waals surface area (Å²) < 4.78 is 5.23. The van der Waals surface area contributed by atoms with Crippen LogP contribution in [0.3, 0.4) is 0 Å². The van der Waals surface area contributed by atoms with Crippen molar-refractivity contribution in [1.29, 1.82) is 0 Å². The van der Waals surface area contributed by atoms with Crippen LogP contribution in [0.25, 0.3) is 0 Å². The standard InChI is InChI=1S/C19H32N4O2/c1-2-20-19(21-12-17(24)18-8-5-11-25-18)22-16-9-10-23(14-16)13-15-6-3-4-7-15/h5,8,11,15-17,24H,2-4,6-7,9-10,12-14H2,1H3,(H2,20,21,22). The number of aliphatic imine (C=N–C) groups is 1. The molecule has 0 aromatic carbocycles. The van der Waals surface area contributed by atoms with Gasteiger partial charge in [0.1, 0.15) is 11.9 Å². The normalized spacial score (nSPS) is 23.9. The summed E-state index contributed by atoms with van der Waals surface area (Å²) in [5.41, 5.74) is 0. The molecule has 2 atom stereocenters. The maximum Gasteiger partial charge on any atom is 0.191 e. The Kier molecular flexibility index (Phi) is 6.76. The van der Waals surface area contributed by atoms with E-state index in [4.69, 9.17) is 4.42 Å². The Bertz CT molecular complexity index is 526. The first kappa shape index (κ1) is 18.3. The van der Waals surface area contributed by atoms with E-state index < -0.39 is 6.10 Å². The number of hydrogen-bond donors (Lipinski definition) is 3. The number of aliphatic hydroxyl groups excluding tert-OH is 1. The van der Waals surface area contributed by atoms with Crippen molar-refractivity contribution < 1.29 is 9.52 Å². The van der Waals surface area contributed by atoms with E-state index in [9.17, 15) is 5.11 Å². The van der Waals surface area contributed by atoms with Gasteiger partial charge < -0.3 is 25.1 Å². The number of guanidine groups is 1. The molecule has 6 nitrogen and oxygen atoms in total. The molecule has 3 N–H and O–H groups in total. The van der Waals surface area contributed by atoms with Gasteiger partial charge in [-0.25, -0.2) is 0 Å². The third-order valence-corrected chi connectivity index (χ3v) is 5.24. The van der Waals surface area contributed by atoms with Crippen LogP contribution in [0.1, 0.15) is 50.9 Å². The first-order valence-corrected chi connectivity index (χ1v) is 9.73. The number of aliphatic hydroxyl groups is 1. The van der Waals surface area contributed by atoms with E-state index in [-0.39, 0.29) is 0 Å². The number of nitrogens with one attached hydrogen (secondary N) is 2. The van der Waals surface area contributed by atoms with Crippen LogP contribution in [0, 0.1) is 5.92 Å². The Morgan fingerprint density at radius 3 is 2.96 bits per heavy atom. The van der Waals surface area contributed by atoms with Gasteiger partial charge in [-0.05, 0) is 44.2 Å². The van der Waals surface area contributed by atoms with Crippen molar-refractivity contribution >= 4 is 5.96 Å². The van der Waals surface area contributed by atoms with E-state index >= 15 is 0 Å². The van der Waals surface area contributed by atoms with Crippen molar-refractivity contribution in [1.82, 2.24) is 15.5 Å². The molecule has 0 amide bonds. The van der Waals surface area contributed by atoms with E-state index in [2.05, 4.69) is 27.4 Å². The lowest BCUT2D eigenvalue weighted by atomic mass is 10.1. The summed E-state index contributed by atoms with van der Waals surface area (Å²) in [6.45, 7) is 6.66. The molecule has 0 spiro atoms. The minimum absolute atomic E-state index is 0.293. The Labute approximate surface area is 150 Å². The number of rotatable bonds is 7. The van der Waals surface area contributed by atoms with Crippen molar-refractivity contribution in [2.24, 2.45) is 10.9 Å². The molecular weight excluding hydrogens is 316 g/mol. The fourth-order valence-corrected chi connectivity index (χ4v) is 3.94. The molecule has 3 rings (SSSR count). The summed E-state index contributed by atoms with van der Waals surface area (Å²) in [4.78, 5) is 7.12. The number of nitrogens with zero attached hydrogens (tertiary/aromatic N) is 2. The molecule has 6 heteroatoms. The van der Waals surface area contributed by atoms with Gasteiger partial charge >= 0.3 is 0 Å². The zero-order chi connectivity index (χ0) is 17.5. The van der Waals surface area contributed by atoms with E-state index in [1.54, 1.807) is 18.4 Å². The van der Waals surface area contributed by atoms with Crippen molar-refractivity contribution in [3.8, 4) is 0 Å². The summed E-state index contributed by atoms with van der Waals surface area (Å²) in [5.74, 6) is 2.24. The first-order valence-electron chi connectivity index (χ1n) is 9.73. The summed E-state index contributed by atoms with van der Waals surface area (Å²) >= 11 is 0. The Balaban J connectivity index is 1.47. The zero-order valence-electron chi connectivity index (χ0n) is 15.3. The predicted molar refractivity (Wildman–Crippen MR) is 99.6 cm³/mol. The van der Waals surface area contributed by atoms with E-state index in [1.165, 1.54) is 38.8 Å². The Morgan fingerprint density at radius 1 is 1.40 bits per heavy atom. The highest BCUT2D eigenvalue weighted by molar-refractivity contribution is 5.80. The molecule has 2 aliphatic rings. The number of hydrogen-bond acceptors (Lipinski definition) is 4. The topological polar surface area (TPSA) is 73.0 Å². The molecule has 1 saturated carbocycles. The second-order valence-electron chi connectivity index (χ2n) is 7.29. The van der Waals surface area contributed by atoms with Crippen LogP contribution in [0.2, 0.25) is 0 Å². The molecule has 0 bridgehead atoms. The Morgan fingerprint density at radius 2 is 2.24 bits per heavy atom. The third-order valence-electron chi connectivity index (χ3n) is 5.24. The SMILES string of the molecule is CCNC(=NCC(O)c1ccco1)NC1CCN(CC2CCCC2)C1. The van der Waals surface area contributed by atoms with Gasteiger partial charge in [0.25, 0.3) is 0 Å². The van der Waals surface area contributed by atoms with Crippen molar-refractivity contribution in [3.05, 3.63) is 24.2 Å². The number of furan rings is 1. The zero-order valence-corrected chi connectivity index (χ0v) is 15.3. The average molecular weight is 348 g/mol. The third kappa shape index (κ3) is 5.47. The van der Waals surface area contributed by atoms with Crippen LogP contribution in [0.5, 0.6) is 0 Å². The van der Waals surface area contributed by atoms with Crippen molar-refractivity contribution in [3.63, 3.8) is 0 Å². The van der Waals surface area contributed by atoms with Crippen molar-refractivity contribution in [2.45, 2.75) is 51.2 Å². The van der Waals surface area contributed by atoms with Crippen LogP contribution in [-0.4, -0.2) is 54.7 Å². The van der Waals surface area contributed by atoms with Crippen LogP contribution >= 0.6 is 0 Å². The molecular formula is C19H32N4O2. The minimum atomic E-state index is -0.701. The highest BCUT2D eigenvalue weighted by atomic mass is 16.4. The molecule has 1 aromatic heterocycles. The average Bonchev–Trinajstić information content (AvgIpc) is 3.36. The second-order valence-corrected chi connectivity index (χ2v) is 7.29. The lowest BCUT2D eigenvalue weighted by Crippen LogP contribution is -2.45. The highest BCUT2D eigenvalue weighted by Gasteiger charge is 2.26. The van der Waals surface area contributed by atoms with Gasteiger partial charge in [0.2, 0.25) is 0 Å². The predicted octanol–water partition coefficient (Wildman–Crippen LogP) is 2.13. The van der Waals surface area contributed by atoms with Gasteiger partial charge in [-0.2, -0.15) is 0 Å². The van der Waals surface area contributed by atoms with Crippen LogP contribution in [0.15, 0.2) is 27.8 Å². The molecule has 0 radical (unpaired) electrons. The minimum Gasteiger partial charge on any atom is -0.467 e. The molecule has 1 aliphatic carbocycles. The van der Waals surface area contributed by atoms with Crippen LogP contribution in [0.4, 0.5) is 0 Å². The van der Waals surface area contributed by atoms with E-state index in [1.807, 2.05) is 0 Å². The number of likely N-dealkylation sites (tertiary alicyclic amines) is 1. The second kappa shape index (κ2) is 9.25. The Hall–Kier alpha value is -1.53. The summed E-state index contributed by atoms with van der Waals surface area (Å²) in [5, 5.41) is 16.9. The lowest BCUT2D eigenvalue weighted by Gasteiger charge is -2.21. The molecule has 2 heterocycles. The lowest BCUT2D eigenvalue weighted by molar-refractivity contribution is 0.158. The molecule has 140 valence electrons. The van der Waals surface area contributed by atoms with Gasteiger partial charge in [-0.1, -0.05) is 12.8 Å². The smallest absolute Gasteiger partial charge is 0.191 e. The van der Waals surface area contributed by atoms with E-state index in [0.717, 1.165) is 31.4 Å². The van der Waals surface area contributed by atoms with Gasteiger partial charge in [-0.3, -0.25) is 4.99 Å². The molecule has 25 heavy (non-hydrogen) atoms. The maximum absolute atomic E-state index is 10.1. The van der Waals surface area contributed by atoms with Crippen molar-refractivity contribution in [2.75, 3.05) is 32.7 Å². The first-order chi connectivity index (χ1) is 12.2. The van der Waals surface area contributed by atoms with Gasteiger partial charge in [0.15, 0.2) is 5.96 Å². The largest absolute Gasteiger partial charge is 0.467 e. The van der Waals surface area contributed by atoms with E-state index in [0.29, 0.717) is 18.3 Å². The van der Waals surface area contributed by atoms with Crippen LogP contribution in [-0.2, 0) is 0 Å². The molecule has 1 saturated heterocycles. The summed E-state index contributed by atoms with van der Waals surface area (Å²) in [7, 11) is 0. The summed E-state index contributed by atoms with van der Waals surface area (Å²) in [6, 6.07) is 3.99. The van der Waals surface area contributed by atoms with Gasteiger partial charge in [-0.15, -0.1) is 0 Å². The molecule has 2 fully saturated rings. The maximum atomic E-state index is 10.1. The fraction of sp³-hybridized carbons (Fsp3) is 0.737. The monoisotopic (exact) mass is 348 g/mol. The fourth-order valence-electron chi connectivity index (χ4n) is 3.94. The molecule has 2 unspecified atom stereocenters.